The van der Waals surface area contributed by atoms with Gasteiger partial charge in [0, 0.05) is 0 Å². The van der Waals surface area contributed by atoms with Gasteiger partial charge in [-0.1, -0.05) is 49.4 Å². The van der Waals surface area contributed by atoms with Crippen LogP contribution < -0.4 is 0 Å². The van der Waals surface area contributed by atoms with Gasteiger partial charge in [0.15, 0.2) is 0 Å². The molecule has 2 bridgehead atoms. The van der Waals surface area contributed by atoms with E-state index in [2.05, 4.69) is 49.4 Å². The molecule has 2 aliphatic carbocycles. The van der Waals surface area contributed by atoms with E-state index in [-0.39, 0.29) is 6.10 Å². The summed E-state index contributed by atoms with van der Waals surface area (Å²) in [6.45, 7) is 2.33. The van der Waals surface area contributed by atoms with E-state index < -0.39 is 0 Å². The van der Waals surface area contributed by atoms with E-state index >= 15 is 0 Å². The van der Waals surface area contributed by atoms with Crippen LogP contribution in [0.3, 0.4) is 0 Å². The van der Waals surface area contributed by atoms with Crippen LogP contribution in [0.2, 0.25) is 0 Å². The van der Waals surface area contributed by atoms with Gasteiger partial charge in [-0.3, -0.25) is 0 Å². The second-order valence-electron chi connectivity index (χ2n) is 6.74. The zero-order valence-corrected chi connectivity index (χ0v) is 12.0. The second-order valence-corrected chi connectivity index (χ2v) is 6.74. The van der Waals surface area contributed by atoms with Gasteiger partial charge in [-0.25, -0.2) is 0 Å². The summed E-state index contributed by atoms with van der Waals surface area (Å²) in [6, 6.07) is 15.5. The minimum absolute atomic E-state index is 0.0466. The van der Waals surface area contributed by atoms with Gasteiger partial charge in [-0.05, 0) is 59.3 Å². The Hall–Kier alpha value is -1.34. The average Bonchev–Trinajstić information content (AvgIpc) is 3.03. The topological polar surface area (TPSA) is 20.2 Å². The molecule has 0 aliphatic heterocycles. The lowest BCUT2D eigenvalue weighted by Crippen LogP contribution is -2.36. The molecule has 20 heavy (non-hydrogen) atoms. The van der Waals surface area contributed by atoms with Crippen LogP contribution in [0.1, 0.15) is 38.2 Å². The first-order valence-electron chi connectivity index (χ1n) is 7.91. The molecular formula is C19H22O. The maximum atomic E-state index is 10.1. The fourth-order valence-electron chi connectivity index (χ4n) is 5.02. The zero-order valence-electron chi connectivity index (χ0n) is 12.0. The van der Waals surface area contributed by atoms with E-state index in [0.29, 0.717) is 17.3 Å². The Bertz CT molecular complexity index is 640. The van der Waals surface area contributed by atoms with Crippen molar-refractivity contribution < 1.29 is 5.11 Å². The summed E-state index contributed by atoms with van der Waals surface area (Å²) in [4.78, 5) is 0. The van der Waals surface area contributed by atoms with Gasteiger partial charge in [-0.2, -0.15) is 0 Å². The predicted octanol–water partition coefficient (Wildman–Crippen LogP) is 4.28. The molecule has 2 fully saturated rings. The Kier molecular flexibility index (Phi) is 2.68. The van der Waals surface area contributed by atoms with E-state index in [1.807, 2.05) is 0 Å². The molecule has 1 nitrogen and oxygen atoms in total. The molecule has 1 heteroatoms. The standard InChI is InChI=1S/C19H22O/c1-2-19(12-14-10-15(19)11-18(14)20)17-9-5-7-13-6-3-4-8-16(13)17/h3-9,14-15,18,20H,2,10-12H2,1H3. The molecule has 4 rings (SSSR count). The third kappa shape index (κ3) is 1.53. The van der Waals surface area contributed by atoms with Crippen LogP contribution in [0, 0.1) is 11.8 Å². The van der Waals surface area contributed by atoms with Crippen molar-refractivity contribution in [2.45, 2.75) is 44.1 Å². The van der Waals surface area contributed by atoms with E-state index in [9.17, 15) is 5.11 Å². The number of aliphatic hydroxyl groups excluding tert-OH is 1. The predicted molar refractivity (Wildman–Crippen MR) is 82.8 cm³/mol. The van der Waals surface area contributed by atoms with Crippen LogP contribution in [-0.4, -0.2) is 11.2 Å². The van der Waals surface area contributed by atoms with Crippen molar-refractivity contribution >= 4 is 10.8 Å². The summed E-state index contributed by atoms with van der Waals surface area (Å²) in [5.74, 6) is 1.19. The van der Waals surface area contributed by atoms with Crippen molar-refractivity contribution in [3.05, 3.63) is 48.0 Å². The summed E-state index contributed by atoms with van der Waals surface area (Å²) < 4.78 is 0. The van der Waals surface area contributed by atoms with Crippen molar-refractivity contribution in [1.82, 2.24) is 0 Å². The monoisotopic (exact) mass is 266 g/mol. The summed E-state index contributed by atoms with van der Waals surface area (Å²) in [7, 11) is 0. The van der Waals surface area contributed by atoms with Crippen LogP contribution in [-0.2, 0) is 5.41 Å². The number of benzene rings is 2. The van der Waals surface area contributed by atoms with Crippen molar-refractivity contribution in [2.24, 2.45) is 11.8 Å². The van der Waals surface area contributed by atoms with Gasteiger partial charge >= 0.3 is 0 Å². The summed E-state index contributed by atoms with van der Waals surface area (Å²) in [5.41, 5.74) is 1.82. The van der Waals surface area contributed by atoms with E-state index in [4.69, 9.17) is 0 Å². The molecule has 2 aliphatic rings. The lowest BCUT2D eigenvalue weighted by atomic mass is 9.65. The minimum Gasteiger partial charge on any atom is -0.393 e. The SMILES string of the molecule is CCC1(c2cccc3ccccc23)CC2CC1CC2O. The van der Waals surface area contributed by atoms with Crippen LogP contribution in [0.15, 0.2) is 42.5 Å². The molecule has 104 valence electrons. The maximum absolute atomic E-state index is 10.1. The number of aliphatic hydroxyl groups is 1. The third-order valence-electron chi connectivity index (χ3n) is 6.02. The smallest absolute Gasteiger partial charge is 0.0571 e. The number of rotatable bonds is 2. The maximum Gasteiger partial charge on any atom is 0.0571 e. The fraction of sp³-hybridized carbons (Fsp3) is 0.474. The Morgan fingerprint density at radius 2 is 1.90 bits per heavy atom. The average molecular weight is 266 g/mol. The molecule has 0 aromatic heterocycles. The molecule has 0 saturated heterocycles. The highest BCUT2D eigenvalue weighted by Gasteiger charge is 2.54. The van der Waals surface area contributed by atoms with Crippen molar-refractivity contribution in [1.29, 1.82) is 0 Å². The van der Waals surface area contributed by atoms with Gasteiger partial charge in [0.2, 0.25) is 0 Å². The minimum atomic E-state index is -0.0466. The van der Waals surface area contributed by atoms with Gasteiger partial charge in [-0.15, -0.1) is 0 Å². The molecule has 0 amide bonds. The normalized spacial score (nSPS) is 35.8. The van der Waals surface area contributed by atoms with Crippen molar-refractivity contribution in [3.63, 3.8) is 0 Å². The number of hydrogen-bond acceptors (Lipinski definition) is 1. The first-order valence-corrected chi connectivity index (χ1v) is 7.91. The first-order chi connectivity index (χ1) is 9.74. The van der Waals surface area contributed by atoms with E-state index in [0.717, 1.165) is 6.42 Å². The molecule has 1 N–H and O–H groups in total. The molecule has 4 atom stereocenters. The molecule has 2 saturated carbocycles. The van der Waals surface area contributed by atoms with Gasteiger partial charge in [0.1, 0.15) is 0 Å². The van der Waals surface area contributed by atoms with Gasteiger partial charge in [0.25, 0.3) is 0 Å². The zero-order chi connectivity index (χ0) is 13.7. The van der Waals surface area contributed by atoms with Crippen molar-refractivity contribution in [3.8, 4) is 0 Å². The Morgan fingerprint density at radius 1 is 1.10 bits per heavy atom. The van der Waals surface area contributed by atoms with Crippen LogP contribution >= 0.6 is 0 Å². The Labute approximate surface area is 120 Å². The molecule has 0 radical (unpaired) electrons. The summed E-state index contributed by atoms with van der Waals surface area (Å²) >= 11 is 0. The molecule has 0 heterocycles. The van der Waals surface area contributed by atoms with Crippen molar-refractivity contribution in [2.75, 3.05) is 0 Å². The van der Waals surface area contributed by atoms with E-state index in [1.165, 1.54) is 35.6 Å². The quantitative estimate of drug-likeness (QED) is 0.860. The van der Waals surface area contributed by atoms with Gasteiger partial charge < -0.3 is 5.11 Å². The fourth-order valence-corrected chi connectivity index (χ4v) is 5.02. The van der Waals surface area contributed by atoms with Crippen LogP contribution in [0.4, 0.5) is 0 Å². The lowest BCUT2D eigenvalue weighted by Gasteiger charge is -2.40. The second kappa shape index (κ2) is 4.33. The van der Waals surface area contributed by atoms with E-state index in [1.54, 1.807) is 0 Å². The number of fused-ring (bicyclic) bond motifs is 3. The molecule has 2 aromatic rings. The first kappa shape index (κ1) is 12.4. The highest BCUT2D eigenvalue weighted by molar-refractivity contribution is 5.86. The lowest BCUT2D eigenvalue weighted by molar-refractivity contribution is 0.0820. The van der Waals surface area contributed by atoms with Crippen LogP contribution in [0.5, 0.6) is 0 Å². The molecule has 2 aromatic carbocycles. The Morgan fingerprint density at radius 3 is 2.60 bits per heavy atom. The summed E-state index contributed by atoms with van der Waals surface area (Å²) in [6.07, 6.45) is 4.53. The third-order valence-corrected chi connectivity index (χ3v) is 6.02. The Balaban J connectivity index is 1.90. The summed E-state index contributed by atoms with van der Waals surface area (Å²) in [5, 5.41) is 12.9. The molecule has 0 spiro atoms. The molecular weight excluding hydrogens is 244 g/mol. The largest absolute Gasteiger partial charge is 0.393 e. The van der Waals surface area contributed by atoms with Crippen LogP contribution in [0.25, 0.3) is 10.8 Å². The molecule has 4 unspecified atom stereocenters. The highest BCUT2D eigenvalue weighted by atomic mass is 16.3. The number of hydrogen-bond donors (Lipinski definition) is 1. The highest BCUT2D eigenvalue weighted by Crippen LogP contribution is 2.59. The van der Waals surface area contributed by atoms with Gasteiger partial charge in [0.05, 0.1) is 6.10 Å².